The topological polar surface area (TPSA) is 72.6 Å². The van der Waals surface area contributed by atoms with Crippen LogP contribution in [-0.4, -0.2) is 30.4 Å². The quantitative estimate of drug-likeness (QED) is 0.683. The molecule has 24 heavy (non-hydrogen) atoms. The SMILES string of the molecule is CCOC(=O)C1(C)CCC(c2ccc(N)c3c2CN(C)C3=O)CC1. The van der Waals surface area contributed by atoms with Crippen LogP contribution in [0.1, 0.15) is 66.9 Å². The third-order valence-corrected chi connectivity index (χ3v) is 5.63. The maximum Gasteiger partial charge on any atom is 0.311 e. The van der Waals surface area contributed by atoms with Gasteiger partial charge in [0, 0.05) is 19.3 Å². The summed E-state index contributed by atoms with van der Waals surface area (Å²) in [4.78, 5) is 26.2. The van der Waals surface area contributed by atoms with Crippen molar-refractivity contribution < 1.29 is 14.3 Å². The molecule has 1 heterocycles. The van der Waals surface area contributed by atoms with Crippen molar-refractivity contribution in [3.05, 3.63) is 28.8 Å². The Bertz CT molecular complexity index is 675. The molecule has 1 aliphatic carbocycles. The lowest BCUT2D eigenvalue weighted by atomic mass is 9.69. The summed E-state index contributed by atoms with van der Waals surface area (Å²) in [5, 5.41) is 0. The Hall–Kier alpha value is -2.04. The molecule has 0 aromatic heterocycles. The number of hydrogen-bond acceptors (Lipinski definition) is 4. The van der Waals surface area contributed by atoms with E-state index in [2.05, 4.69) is 6.07 Å². The van der Waals surface area contributed by atoms with E-state index < -0.39 is 0 Å². The molecule has 3 rings (SSSR count). The normalized spacial score (nSPS) is 26.4. The minimum Gasteiger partial charge on any atom is -0.466 e. The number of amides is 1. The van der Waals surface area contributed by atoms with E-state index in [0.717, 1.165) is 31.2 Å². The molecule has 0 saturated heterocycles. The van der Waals surface area contributed by atoms with Crippen molar-refractivity contribution in [1.82, 2.24) is 4.90 Å². The number of benzene rings is 1. The number of nitrogens with zero attached hydrogens (tertiary/aromatic N) is 1. The summed E-state index contributed by atoms with van der Waals surface area (Å²) >= 11 is 0. The molecule has 2 aliphatic rings. The van der Waals surface area contributed by atoms with E-state index in [1.165, 1.54) is 5.56 Å². The molecule has 5 nitrogen and oxygen atoms in total. The van der Waals surface area contributed by atoms with Gasteiger partial charge < -0.3 is 15.4 Å². The molecule has 5 heteroatoms. The molecule has 1 saturated carbocycles. The summed E-state index contributed by atoms with van der Waals surface area (Å²) in [6, 6.07) is 3.92. The van der Waals surface area contributed by atoms with Crippen LogP contribution in [0, 0.1) is 5.41 Å². The highest BCUT2D eigenvalue weighted by Crippen LogP contribution is 2.46. The van der Waals surface area contributed by atoms with Crippen molar-refractivity contribution >= 4 is 17.6 Å². The summed E-state index contributed by atoms with van der Waals surface area (Å²) in [6.07, 6.45) is 3.51. The van der Waals surface area contributed by atoms with Gasteiger partial charge >= 0.3 is 5.97 Å². The summed E-state index contributed by atoms with van der Waals surface area (Å²) in [5.41, 5.74) is 9.19. The molecule has 1 aromatic rings. The van der Waals surface area contributed by atoms with Gasteiger partial charge in [0.1, 0.15) is 0 Å². The number of hydrogen-bond donors (Lipinski definition) is 1. The zero-order valence-corrected chi connectivity index (χ0v) is 14.7. The molecule has 0 unspecified atom stereocenters. The second-order valence-corrected chi connectivity index (χ2v) is 7.31. The number of esters is 1. The standard InChI is InChI=1S/C19H26N2O3/c1-4-24-18(23)19(2)9-7-12(8-10-19)13-5-6-15(20)16-14(13)11-21(3)17(16)22/h5-6,12H,4,7-11,20H2,1-3H3. The van der Waals surface area contributed by atoms with E-state index in [1.807, 2.05) is 27.0 Å². The third kappa shape index (κ3) is 2.66. The van der Waals surface area contributed by atoms with Crippen molar-refractivity contribution in [2.75, 3.05) is 19.4 Å². The zero-order chi connectivity index (χ0) is 17.5. The molecule has 0 atom stereocenters. The van der Waals surface area contributed by atoms with Crippen LogP contribution >= 0.6 is 0 Å². The van der Waals surface area contributed by atoms with E-state index in [9.17, 15) is 9.59 Å². The largest absolute Gasteiger partial charge is 0.466 e. The number of carbonyl (C=O) groups excluding carboxylic acids is 2. The van der Waals surface area contributed by atoms with Crippen LogP contribution in [0.25, 0.3) is 0 Å². The van der Waals surface area contributed by atoms with Gasteiger partial charge in [0.2, 0.25) is 0 Å². The molecule has 1 fully saturated rings. The van der Waals surface area contributed by atoms with E-state index >= 15 is 0 Å². The number of rotatable bonds is 3. The van der Waals surface area contributed by atoms with Crippen molar-refractivity contribution in [3.63, 3.8) is 0 Å². The van der Waals surface area contributed by atoms with Crippen LogP contribution in [0.3, 0.4) is 0 Å². The Labute approximate surface area is 143 Å². The summed E-state index contributed by atoms with van der Waals surface area (Å²) in [7, 11) is 1.81. The van der Waals surface area contributed by atoms with Gasteiger partial charge in [-0.25, -0.2) is 0 Å². The monoisotopic (exact) mass is 330 g/mol. The van der Waals surface area contributed by atoms with Gasteiger partial charge in [-0.3, -0.25) is 9.59 Å². The Morgan fingerprint density at radius 2 is 2.04 bits per heavy atom. The summed E-state index contributed by atoms with van der Waals surface area (Å²) in [6.45, 7) is 4.90. The Kier molecular flexibility index (Phi) is 4.28. The molecule has 0 spiro atoms. The Morgan fingerprint density at radius 3 is 2.67 bits per heavy atom. The second-order valence-electron chi connectivity index (χ2n) is 7.31. The minimum atomic E-state index is -0.379. The fourth-order valence-corrected chi connectivity index (χ4v) is 4.06. The first kappa shape index (κ1) is 16.8. The lowest BCUT2D eigenvalue weighted by Crippen LogP contribution is -2.34. The molecule has 0 radical (unpaired) electrons. The fraction of sp³-hybridized carbons (Fsp3) is 0.579. The lowest BCUT2D eigenvalue weighted by Gasteiger charge is -2.36. The van der Waals surface area contributed by atoms with Gasteiger partial charge in [-0.2, -0.15) is 0 Å². The second kappa shape index (κ2) is 6.11. The molecule has 1 aliphatic heterocycles. The van der Waals surface area contributed by atoms with Gasteiger partial charge in [0.05, 0.1) is 17.6 Å². The van der Waals surface area contributed by atoms with E-state index in [1.54, 1.807) is 4.90 Å². The fourth-order valence-electron chi connectivity index (χ4n) is 4.06. The Morgan fingerprint density at radius 1 is 1.38 bits per heavy atom. The zero-order valence-electron chi connectivity index (χ0n) is 14.7. The van der Waals surface area contributed by atoms with Crippen LogP contribution in [0.5, 0.6) is 0 Å². The predicted molar refractivity (Wildman–Crippen MR) is 92.6 cm³/mol. The molecular formula is C19H26N2O3. The summed E-state index contributed by atoms with van der Waals surface area (Å²) in [5.74, 6) is 0.304. The maximum atomic E-state index is 12.3. The highest BCUT2D eigenvalue weighted by molar-refractivity contribution is 6.03. The van der Waals surface area contributed by atoms with Crippen LogP contribution in [0.4, 0.5) is 5.69 Å². The molecular weight excluding hydrogens is 304 g/mol. The molecule has 1 aromatic carbocycles. The van der Waals surface area contributed by atoms with Gasteiger partial charge in [0.15, 0.2) is 0 Å². The Balaban J connectivity index is 1.82. The minimum absolute atomic E-state index is 0.0107. The van der Waals surface area contributed by atoms with Crippen molar-refractivity contribution in [1.29, 1.82) is 0 Å². The van der Waals surface area contributed by atoms with Crippen LogP contribution in [0.15, 0.2) is 12.1 Å². The van der Waals surface area contributed by atoms with Crippen LogP contribution in [-0.2, 0) is 16.1 Å². The highest BCUT2D eigenvalue weighted by atomic mass is 16.5. The summed E-state index contributed by atoms with van der Waals surface area (Å²) < 4.78 is 5.24. The highest BCUT2D eigenvalue weighted by Gasteiger charge is 2.40. The van der Waals surface area contributed by atoms with E-state index in [-0.39, 0.29) is 17.3 Å². The van der Waals surface area contributed by atoms with Gasteiger partial charge in [0.25, 0.3) is 5.91 Å². The van der Waals surface area contributed by atoms with Crippen molar-refractivity contribution in [3.8, 4) is 0 Å². The van der Waals surface area contributed by atoms with Gasteiger partial charge in [-0.1, -0.05) is 6.07 Å². The first-order valence-corrected chi connectivity index (χ1v) is 8.71. The number of ether oxygens (including phenoxy) is 1. The van der Waals surface area contributed by atoms with Crippen LogP contribution < -0.4 is 5.73 Å². The smallest absolute Gasteiger partial charge is 0.311 e. The molecule has 1 amide bonds. The molecule has 130 valence electrons. The number of carbonyl (C=O) groups is 2. The number of nitrogens with two attached hydrogens (primary N) is 1. The average molecular weight is 330 g/mol. The maximum absolute atomic E-state index is 12.3. The first-order chi connectivity index (χ1) is 11.4. The van der Waals surface area contributed by atoms with Crippen molar-refractivity contribution in [2.24, 2.45) is 5.41 Å². The molecule has 0 bridgehead atoms. The van der Waals surface area contributed by atoms with Crippen molar-refractivity contribution in [2.45, 2.75) is 52.0 Å². The lowest BCUT2D eigenvalue weighted by molar-refractivity contribution is -0.156. The van der Waals surface area contributed by atoms with Crippen LogP contribution in [0.2, 0.25) is 0 Å². The number of anilines is 1. The number of fused-ring (bicyclic) bond motifs is 1. The van der Waals surface area contributed by atoms with Gasteiger partial charge in [-0.15, -0.1) is 0 Å². The van der Waals surface area contributed by atoms with E-state index in [4.69, 9.17) is 10.5 Å². The number of nitrogen functional groups attached to an aromatic ring is 1. The first-order valence-electron chi connectivity index (χ1n) is 8.71. The van der Waals surface area contributed by atoms with E-state index in [0.29, 0.717) is 30.3 Å². The average Bonchev–Trinajstić information content (AvgIpc) is 2.85. The third-order valence-electron chi connectivity index (χ3n) is 5.63. The predicted octanol–water partition coefficient (Wildman–Crippen LogP) is 3.08. The molecule has 2 N–H and O–H groups in total. The van der Waals surface area contributed by atoms with Gasteiger partial charge in [-0.05, 0) is 62.6 Å².